The highest BCUT2D eigenvalue weighted by atomic mass is 16.8. The third-order valence-corrected chi connectivity index (χ3v) is 18.2. The third-order valence-electron chi connectivity index (χ3n) is 18.2. The summed E-state index contributed by atoms with van der Waals surface area (Å²) in [5, 5.41) is 95.6. The van der Waals surface area contributed by atoms with E-state index in [-0.39, 0.29) is 23.0 Å². The lowest BCUT2D eigenvalue weighted by Crippen LogP contribution is -2.65. The van der Waals surface area contributed by atoms with Gasteiger partial charge in [0.2, 0.25) is 0 Å². The molecule has 0 aromatic carbocycles. The molecule has 0 amide bonds. The van der Waals surface area contributed by atoms with Crippen LogP contribution in [0.4, 0.5) is 0 Å². The molecule has 4 aliphatic carbocycles. The van der Waals surface area contributed by atoms with Gasteiger partial charge in [0.1, 0.15) is 67.1 Å². The summed E-state index contributed by atoms with van der Waals surface area (Å²) in [4.78, 5) is 0. The Kier molecular flexibility index (Phi) is 13.1. The minimum atomic E-state index is -1.73. The van der Waals surface area contributed by atoms with Crippen LogP contribution in [0.15, 0.2) is 0 Å². The second-order valence-electron chi connectivity index (χ2n) is 21.5. The molecule has 9 rings (SSSR count). The number of fused-ring (bicyclic) bond motifs is 7. The summed E-state index contributed by atoms with van der Waals surface area (Å²) in [6.07, 6.45) is -12.2. The molecule has 17 heteroatoms. The zero-order valence-electron chi connectivity index (χ0n) is 36.8. The maximum atomic E-state index is 11.6. The van der Waals surface area contributed by atoms with Crippen molar-refractivity contribution in [2.24, 2.45) is 52.3 Å². The van der Waals surface area contributed by atoms with E-state index in [0.29, 0.717) is 41.4 Å². The van der Waals surface area contributed by atoms with Crippen LogP contribution in [-0.4, -0.2) is 176 Å². The Morgan fingerprint density at radius 1 is 0.613 bits per heavy atom. The first kappa shape index (κ1) is 46.4. The number of rotatable bonds is 8. The highest BCUT2D eigenvalue weighted by Gasteiger charge is 2.69. The molecule has 5 saturated heterocycles. The largest absolute Gasteiger partial charge is 0.394 e. The Morgan fingerprint density at radius 2 is 1.29 bits per heavy atom. The first-order valence-corrected chi connectivity index (χ1v) is 23.7. The molecule has 0 bridgehead atoms. The van der Waals surface area contributed by atoms with Gasteiger partial charge in [-0.05, 0) is 111 Å². The van der Waals surface area contributed by atoms with Crippen LogP contribution < -0.4 is 0 Å². The fourth-order valence-corrected chi connectivity index (χ4v) is 14.5. The normalized spacial score (nSPS) is 58.9. The number of hydrogen-bond donors (Lipinski definition) is 9. The second-order valence-corrected chi connectivity index (χ2v) is 21.5. The van der Waals surface area contributed by atoms with Gasteiger partial charge in [-0.3, -0.25) is 0 Å². The van der Waals surface area contributed by atoms with Crippen molar-refractivity contribution in [3.63, 3.8) is 0 Å². The fourth-order valence-electron chi connectivity index (χ4n) is 14.5. The first-order valence-electron chi connectivity index (χ1n) is 23.7. The lowest BCUT2D eigenvalue weighted by atomic mass is 9.44. The van der Waals surface area contributed by atoms with Crippen LogP contribution in [-0.2, 0) is 37.9 Å². The maximum Gasteiger partial charge on any atom is 0.187 e. The van der Waals surface area contributed by atoms with E-state index in [1.165, 1.54) is 19.8 Å². The third kappa shape index (κ3) is 7.66. The van der Waals surface area contributed by atoms with E-state index in [1.807, 2.05) is 0 Å². The average Bonchev–Trinajstić information content (AvgIpc) is 3.70. The second kappa shape index (κ2) is 17.4. The molecule has 4 saturated carbocycles. The van der Waals surface area contributed by atoms with Crippen LogP contribution in [0, 0.1) is 52.3 Å². The van der Waals surface area contributed by atoms with Gasteiger partial charge in [-0.15, -0.1) is 0 Å². The lowest BCUT2D eigenvalue weighted by molar-refractivity contribution is -0.369. The minimum absolute atomic E-state index is 0.125. The van der Waals surface area contributed by atoms with E-state index < -0.39 is 111 Å². The Morgan fingerprint density at radius 3 is 2.02 bits per heavy atom. The van der Waals surface area contributed by atoms with Gasteiger partial charge in [-0.1, -0.05) is 27.7 Å². The van der Waals surface area contributed by atoms with Gasteiger partial charge in [0, 0.05) is 12.3 Å². The van der Waals surface area contributed by atoms with Crippen LogP contribution >= 0.6 is 0 Å². The molecule has 62 heavy (non-hydrogen) atoms. The van der Waals surface area contributed by atoms with Crippen molar-refractivity contribution in [2.45, 2.75) is 209 Å². The molecule has 0 aromatic rings. The smallest absolute Gasteiger partial charge is 0.187 e. The van der Waals surface area contributed by atoms with E-state index >= 15 is 0 Å². The van der Waals surface area contributed by atoms with Crippen LogP contribution in [0.3, 0.4) is 0 Å². The molecular weight excluding hydrogens is 812 g/mol. The molecule has 1 spiro atoms. The molecule has 5 aliphatic heterocycles. The van der Waals surface area contributed by atoms with Crippen LogP contribution in [0.2, 0.25) is 0 Å². The zero-order chi connectivity index (χ0) is 44.2. The molecule has 9 N–H and O–H groups in total. The van der Waals surface area contributed by atoms with Crippen molar-refractivity contribution >= 4 is 0 Å². The van der Waals surface area contributed by atoms with E-state index in [9.17, 15) is 46.0 Å². The van der Waals surface area contributed by atoms with Gasteiger partial charge in [-0.2, -0.15) is 0 Å². The van der Waals surface area contributed by atoms with E-state index in [1.54, 1.807) is 0 Å². The van der Waals surface area contributed by atoms with Crippen molar-refractivity contribution in [1.29, 1.82) is 0 Å². The predicted molar refractivity (Wildman–Crippen MR) is 214 cm³/mol. The van der Waals surface area contributed by atoms with Crippen molar-refractivity contribution in [3.05, 3.63) is 0 Å². The Balaban J connectivity index is 0.866. The molecular formula is C45H74O17. The summed E-state index contributed by atoms with van der Waals surface area (Å²) in [5.74, 6) is 3.27. The number of ether oxygens (including phenoxy) is 8. The van der Waals surface area contributed by atoms with Crippen molar-refractivity contribution in [2.75, 3.05) is 19.8 Å². The zero-order valence-corrected chi connectivity index (χ0v) is 36.8. The SMILES string of the molecule is CC1CCC2(OC1)OC1CC3C4CCC5CC(OC6OC(COC7OC(CO)C(O)C(O)C7O)C(OC7OC(C)C(O)C(O)C7O)C(O)C6O)CCC5(C)C4CCC3(C)C1C2C. The summed E-state index contributed by atoms with van der Waals surface area (Å²) in [6, 6.07) is 0. The van der Waals surface area contributed by atoms with E-state index in [2.05, 4.69) is 27.7 Å². The van der Waals surface area contributed by atoms with Gasteiger partial charge >= 0.3 is 0 Å². The summed E-state index contributed by atoms with van der Waals surface area (Å²) >= 11 is 0. The van der Waals surface area contributed by atoms with Crippen LogP contribution in [0.25, 0.3) is 0 Å². The summed E-state index contributed by atoms with van der Waals surface area (Å²) in [5.41, 5.74) is 0.353. The van der Waals surface area contributed by atoms with Gasteiger partial charge in [0.15, 0.2) is 24.7 Å². The molecule has 17 nitrogen and oxygen atoms in total. The number of aliphatic hydroxyl groups excluding tert-OH is 9. The predicted octanol–water partition coefficient (Wildman–Crippen LogP) is 0.294. The first-order chi connectivity index (χ1) is 29.4. The molecule has 356 valence electrons. The van der Waals surface area contributed by atoms with Crippen molar-refractivity contribution in [1.82, 2.24) is 0 Å². The van der Waals surface area contributed by atoms with E-state index in [0.717, 1.165) is 58.0 Å². The Labute approximate surface area is 364 Å². The fraction of sp³-hybridized carbons (Fsp3) is 1.00. The monoisotopic (exact) mass is 886 g/mol. The maximum absolute atomic E-state index is 11.6. The molecule has 9 aliphatic rings. The van der Waals surface area contributed by atoms with Gasteiger partial charge in [0.25, 0.3) is 0 Å². The number of aliphatic hydroxyl groups is 9. The average molecular weight is 887 g/mol. The molecule has 5 heterocycles. The van der Waals surface area contributed by atoms with Crippen LogP contribution in [0.1, 0.15) is 98.8 Å². The van der Waals surface area contributed by atoms with Crippen molar-refractivity contribution < 1.29 is 83.9 Å². The van der Waals surface area contributed by atoms with Crippen molar-refractivity contribution in [3.8, 4) is 0 Å². The minimum Gasteiger partial charge on any atom is -0.394 e. The summed E-state index contributed by atoms with van der Waals surface area (Å²) in [7, 11) is 0. The Bertz CT molecular complexity index is 1550. The molecule has 9 fully saturated rings. The topological polar surface area (TPSA) is 256 Å². The standard InChI is InChI=1S/C45H74O17/c1-19-8-13-45(56-17-19)20(2)30-27(62-45)15-26-24-7-6-22-14-23(9-11-43(22,4)25(24)10-12-44(26,30)5)58-42-38(54)35(51)39(61-41-37(53)33(49)31(47)21(3)57-41)29(60-42)18-55-40-36(52)34(50)32(48)28(16-46)59-40/h19-42,46-54H,6-18H2,1-5H3. The van der Waals surface area contributed by atoms with Gasteiger partial charge < -0.3 is 83.9 Å². The van der Waals surface area contributed by atoms with Gasteiger partial charge in [-0.25, -0.2) is 0 Å². The highest BCUT2D eigenvalue weighted by molar-refractivity contribution is 5.15. The van der Waals surface area contributed by atoms with Crippen LogP contribution in [0.5, 0.6) is 0 Å². The summed E-state index contributed by atoms with van der Waals surface area (Å²) in [6.45, 7) is 10.8. The molecule has 27 unspecified atom stereocenters. The van der Waals surface area contributed by atoms with Gasteiger partial charge in [0.05, 0.1) is 38.1 Å². The molecule has 27 atom stereocenters. The van der Waals surface area contributed by atoms with E-state index in [4.69, 9.17) is 37.9 Å². The molecule has 0 aromatic heterocycles. The summed E-state index contributed by atoms with van der Waals surface area (Å²) < 4.78 is 49.4. The lowest BCUT2D eigenvalue weighted by Gasteiger charge is -2.61. The quantitative estimate of drug-likeness (QED) is 0.149. The highest BCUT2D eigenvalue weighted by Crippen LogP contribution is 2.71. The Hall–Kier alpha value is -0.680. The molecule has 0 radical (unpaired) electrons. The number of hydrogen-bond acceptors (Lipinski definition) is 17.